The van der Waals surface area contributed by atoms with E-state index in [9.17, 15) is 5.11 Å². The van der Waals surface area contributed by atoms with Crippen molar-refractivity contribution in [2.24, 2.45) is 5.92 Å². The summed E-state index contributed by atoms with van der Waals surface area (Å²) in [6, 6.07) is 0. The largest absolute Gasteiger partial charge is 0.387 e. The summed E-state index contributed by atoms with van der Waals surface area (Å²) >= 11 is 1.67. The van der Waals surface area contributed by atoms with Gasteiger partial charge in [-0.3, -0.25) is 0 Å². The van der Waals surface area contributed by atoms with E-state index in [1.165, 1.54) is 17.8 Å². The molecule has 3 nitrogen and oxygen atoms in total. The molecular formula is C11H18N2OS. The van der Waals surface area contributed by atoms with Crippen LogP contribution < -0.4 is 5.32 Å². The standard InChI is InChI=1S/C11H18N2OS/c1-8(14)10-7-15-11(13-10)5-9-3-2-4-12-6-9/h7-9,12,14H,2-6H2,1H3. The van der Waals surface area contributed by atoms with Crippen molar-refractivity contribution in [3.63, 3.8) is 0 Å². The summed E-state index contributed by atoms with van der Waals surface area (Å²) in [4.78, 5) is 4.44. The van der Waals surface area contributed by atoms with Gasteiger partial charge in [-0.15, -0.1) is 11.3 Å². The predicted molar refractivity (Wildman–Crippen MR) is 62.0 cm³/mol. The minimum atomic E-state index is -0.431. The lowest BCUT2D eigenvalue weighted by Gasteiger charge is -2.21. The van der Waals surface area contributed by atoms with E-state index in [2.05, 4.69) is 10.3 Å². The fourth-order valence-corrected chi connectivity index (χ4v) is 2.95. The molecule has 0 amide bonds. The van der Waals surface area contributed by atoms with Crippen molar-refractivity contribution < 1.29 is 5.11 Å². The first-order valence-electron chi connectivity index (χ1n) is 5.59. The first kappa shape index (κ1) is 11.0. The molecule has 1 aliphatic rings. The number of thiazole rings is 1. The van der Waals surface area contributed by atoms with Gasteiger partial charge in [0.05, 0.1) is 16.8 Å². The molecule has 0 aromatic carbocycles. The maximum absolute atomic E-state index is 9.37. The Kier molecular flexibility index (Phi) is 3.72. The van der Waals surface area contributed by atoms with Gasteiger partial charge in [0.15, 0.2) is 0 Å². The second-order valence-corrected chi connectivity index (χ2v) is 5.20. The van der Waals surface area contributed by atoms with Crippen LogP contribution in [0.1, 0.15) is 36.6 Å². The van der Waals surface area contributed by atoms with Gasteiger partial charge in [0.1, 0.15) is 0 Å². The van der Waals surface area contributed by atoms with Crippen LogP contribution in [0.25, 0.3) is 0 Å². The third-order valence-electron chi connectivity index (χ3n) is 2.86. The lowest BCUT2D eigenvalue weighted by Crippen LogP contribution is -2.30. The van der Waals surface area contributed by atoms with Crippen LogP contribution in [-0.2, 0) is 6.42 Å². The van der Waals surface area contributed by atoms with Gasteiger partial charge >= 0.3 is 0 Å². The Balaban J connectivity index is 1.91. The molecule has 1 aliphatic heterocycles. The molecule has 4 heteroatoms. The van der Waals surface area contributed by atoms with E-state index in [4.69, 9.17) is 0 Å². The zero-order chi connectivity index (χ0) is 10.7. The van der Waals surface area contributed by atoms with Gasteiger partial charge in [0, 0.05) is 11.8 Å². The minimum absolute atomic E-state index is 0.431. The summed E-state index contributed by atoms with van der Waals surface area (Å²) < 4.78 is 0. The average molecular weight is 226 g/mol. The van der Waals surface area contributed by atoms with Crippen LogP contribution in [0.4, 0.5) is 0 Å². The van der Waals surface area contributed by atoms with Crippen molar-refractivity contribution in [1.82, 2.24) is 10.3 Å². The van der Waals surface area contributed by atoms with E-state index in [0.717, 1.165) is 31.1 Å². The first-order valence-corrected chi connectivity index (χ1v) is 6.46. The molecule has 2 atom stereocenters. The van der Waals surface area contributed by atoms with Gasteiger partial charge in [-0.25, -0.2) is 4.98 Å². The molecule has 2 N–H and O–H groups in total. The number of aromatic nitrogens is 1. The average Bonchev–Trinajstić information content (AvgIpc) is 2.68. The number of aliphatic hydroxyl groups excluding tert-OH is 1. The minimum Gasteiger partial charge on any atom is -0.387 e. The first-order chi connectivity index (χ1) is 7.25. The fraction of sp³-hybridized carbons (Fsp3) is 0.727. The second kappa shape index (κ2) is 5.05. The van der Waals surface area contributed by atoms with E-state index < -0.39 is 6.10 Å². The van der Waals surface area contributed by atoms with Crippen LogP contribution in [-0.4, -0.2) is 23.2 Å². The quantitative estimate of drug-likeness (QED) is 0.825. The topological polar surface area (TPSA) is 45.1 Å². The van der Waals surface area contributed by atoms with Crippen LogP contribution in [0.3, 0.4) is 0 Å². The van der Waals surface area contributed by atoms with E-state index in [1.807, 2.05) is 5.38 Å². The SMILES string of the molecule is CC(O)c1csc(CC2CCCNC2)n1. The highest BCUT2D eigenvalue weighted by atomic mass is 32.1. The Hall–Kier alpha value is -0.450. The summed E-state index contributed by atoms with van der Waals surface area (Å²) in [7, 11) is 0. The molecule has 1 saturated heterocycles. The maximum Gasteiger partial charge on any atom is 0.0940 e. The molecule has 1 aromatic heterocycles. The number of hydrogen-bond acceptors (Lipinski definition) is 4. The number of rotatable bonds is 3. The number of aliphatic hydroxyl groups is 1. The molecule has 0 aliphatic carbocycles. The zero-order valence-corrected chi connectivity index (χ0v) is 9.89. The molecule has 2 unspecified atom stereocenters. The third kappa shape index (κ3) is 3.00. The number of piperidine rings is 1. The van der Waals surface area contributed by atoms with E-state index in [1.54, 1.807) is 18.3 Å². The number of nitrogens with zero attached hydrogens (tertiary/aromatic N) is 1. The predicted octanol–water partition coefficient (Wildman–Crippen LogP) is 1.74. The lowest BCUT2D eigenvalue weighted by atomic mass is 9.97. The summed E-state index contributed by atoms with van der Waals surface area (Å²) in [5.74, 6) is 0.728. The molecular weight excluding hydrogens is 208 g/mol. The Morgan fingerprint density at radius 2 is 2.60 bits per heavy atom. The van der Waals surface area contributed by atoms with Crippen LogP contribution in [0.2, 0.25) is 0 Å². The highest BCUT2D eigenvalue weighted by molar-refractivity contribution is 7.09. The third-order valence-corrected chi connectivity index (χ3v) is 3.75. The second-order valence-electron chi connectivity index (χ2n) is 4.26. The van der Waals surface area contributed by atoms with E-state index >= 15 is 0 Å². The maximum atomic E-state index is 9.37. The monoisotopic (exact) mass is 226 g/mol. The summed E-state index contributed by atoms with van der Waals surface area (Å²) in [6.07, 6.45) is 3.21. The van der Waals surface area contributed by atoms with Crippen molar-refractivity contribution in [2.45, 2.75) is 32.3 Å². The molecule has 0 radical (unpaired) electrons. The molecule has 1 fully saturated rings. The molecule has 15 heavy (non-hydrogen) atoms. The van der Waals surface area contributed by atoms with Gasteiger partial charge in [-0.2, -0.15) is 0 Å². The number of nitrogens with one attached hydrogen (secondary N) is 1. The highest BCUT2D eigenvalue weighted by Gasteiger charge is 2.15. The highest BCUT2D eigenvalue weighted by Crippen LogP contribution is 2.21. The van der Waals surface area contributed by atoms with Gasteiger partial charge < -0.3 is 10.4 Å². The van der Waals surface area contributed by atoms with E-state index in [0.29, 0.717) is 0 Å². The molecule has 0 saturated carbocycles. The Morgan fingerprint density at radius 1 is 1.73 bits per heavy atom. The Bertz CT molecular complexity index is 305. The molecule has 0 spiro atoms. The van der Waals surface area contributed by atoms with Crippen LogP contribution in [0.15, 0.2) is 5.38 Å². The van der Waals surface area contributed by atoms with Crippen molar-refractivity contribution in [3.8, 4) is 0 Å². The molecule has 2 heterocycles. The van der Waals surface area contributed by atoms with Crippen molar-refractivity contribution in [2.75, 3.05) is 13.1 Å². The lowest BCUT2D eigenvalue weighted by molar-refractivity contribution is 0.195. The zero-order valence-electron chi connectivity index (χ0n) is 9.07. The van der Waals surface area contributed by atoms with Crippen LogP contribution >= 0.6 is 11.3 Å². The summed E-state index contributed by atoms with van der Waals surface area (Å²) in [5.41, 5.74) is 0.818. The van der Waals surface area contributed by atoms with Crippen LogP contribution in [0.5, 0.6) is 0 Å². The molecule has 2 rings (SSSR count). The van der Waals surface area contributed by atoms with Crippen molar-refractivity contribution >= 4 is 11.3 Å². The van der Waals surface area contributed by atoms with E-state index in [-0.39, 0.29) is 0 Å². The van der Waals surface area contributed by atoms with Crippen LogP contribution in [0, 0.1) is 5.92 Å². The van der Waals surface area contributed by atoms with Gasteiger partial charge in [0.2, 0.25) is 0 Å². The fourth-order valence-electron chi connectivity index (χ4n) is 1.96. The molecule has 1 aromatic rings. The number of hydrogen-bond donors (Lipinski definition) is 2. The van der Waals surface area contributed by atoms with Gasteiger partial charge in [-0.05, 0) is 38.8 Å². The Labute approximate surface area is 94.5 Å². The van der Waals surface area contributed by atoms with Crippen molar-refractivity contribution in [3.05, 3.63) is 16.1 Å². The summed E-state index contributed by atoms with van der Waals surface area (Å²) in [5, 5.41) is 15.9. The molecule has 84 valence electrons. The normalized spacial score (nSPS) is 24.0. The van der Waals surface area contributed by atoms with Gasteiger partial charge in [-0.1, -0.05) is 0 Å². The smallest absolute Gasteiger partial charge is 0.0940 e. The summed E-state index contributed by atoms with van der Waals surface area (Å²) in [6.45, 7) is 4.04. The molecule has 0 bridgehead atoms. The van der Waals surface area contributed by atoms with Gasteiger partial charge in [0.25, 0.3) is 0 Å². The van der Waals surface area contributed by atoms with Crippen molar-refractivity contribution in [1.29, 1.82) is 0 Å². The Morgan fingerprint density at radius 3 is 3.20 bits per heavy atom.